The zero-order valence-corrected chi connectivity index (χ0v) is 12.0. The largest absolute Gasteiger partial charge is 0.384 e. The van der Waals surface area contributed by atoms with Crippen molar-refractivity contribution in [1.29, 1.82) is 0 Å². The van der Waals surface area contributed by atoms with Crippen LogP contribution in [0.5, 0.6) is 0 Å². The molecule has 0 saturated carbocycles. The van der Waals surface area contributed by atoms with Crippen molar-refractivity contribution in [2.75, 3.05) is 5.73 Å². The van der Waals surface area contributed by atoms with E-state index >= 15 is 0 Å². The van der Waals surface area contributed by atoms with Gasteiger partial charge in [-0.2, -0.15) is 0 Å². The number of benzene rings is 1. The van der Waals surface area contributed by atoms with Crippen molar-refractivity contribution in [3.63, 3.8) is 0 Å². The SMILES string of the molecule is Nc1ccc(Cl)c(CSc2cccc(Br)c2)n1. The van der Waals surface area contributed by atoms with E-state index in [9.17, 15) is 0 Å². The predicted octanol–water partition coefficient (Wildman–Crippen LogP) is 4.37. The van der Waals surface area contributed by atoms with Crippen LogP contribution in [0.25, 0.3) is 0 Å². The molecule has 2 nitrogen and oxygen atoms in total. The molecule has 1 aromatic heterocycles. The Balaban J connectivity index is 2.09. The number of pyridine rings is 1. The van der Waals surface area contributed by atoms with Crippen LogP contribution in [0.1, 0.15) is 5.69 Å². The number of nitrogen functional groups attached to an aromatic ring is 1. The lowest BCUT2D eigenvalue weighted by molar-refractivity contribution is 1.18. The molecule has 0 bridgehead atoms. The first-order valence-corrected chi connectivity index (χ1v) is 7.10. The number of hydrogen-bond donors (Lipinski definition) is 1. The van der Waals surface area contributed by atoms with Crippen LogP contribution in [0.2, 0.25) is 5.02 Å². The fourth-order valence-electron chi connectivity index (χ4n) is 1.31. The van der Waals surface area contributed by atoms with Gasteiger partial charge in [-0.1, -0.05) is 33.6 Å². The maximum absolute atomic E-state index is 6.05. The van der Waals surface area contributed by atoms with Crippen LogP contribution in [0.15, 0.2) is 45.8 Å². The van der Waals surface area contributed by atoms with Crippen LogP contribution < -0.4 is 5.73 Å². The van der Waals surface area contributed by atoms with Gasteiger partial charge >= 0.3 is 0 Å². The van der Waals surface area contributed by atoms with Crippen LogP contribution in [0.4, 0.5) is 5.82 Å². The lowest BCUT2D eigenvalue weighted by Crippen LogP contribution is -1.95. The molecule has 0 unspecified atom stereocenters. The van der Waals surface area contributed by atoms with Crippen molar-refractivity contribution >= 4 is 45.1 Å². The Kier molecular flexibility index (Phi) is 4.31. The number of nitrogens with two attached hydrogens (primary N) is 1. The van der Waals surface area contributed by atoms with Gasteiger partial charge in [0.25, 0.3) is 0 Å². The van der Waals surface area contributed by atoms with Gasteiger partial charge in [0.15, 0.2) is 0 Å². The third-order valence-electron chi connectivity index (χ3n) is 2.11. The molecule has 0 radical (unpaired) electrons. The molecule has 88 valence electrons. The van der Waals surface area contributed by atoms with Crippen molar-refractivity contribution in [2.45, 2.75) is 10.6 Å². The highest BCUT2D eigenvalue weighted by Crippen LogP contribution is 2.27. The Hall–Kier alpha value is -0.710. The third-order valence-corrected chi connectivity index (χ3v) is 3.95. The first-order valence-electron chi connectivity index (χ1n) is 4.94. The number of rotatable bonds is 3. The summed E-state index contributed by atoms with van der Waals surface area (Å²) in [6, 6.07) is 11.6. The summed E-state index contributed by atoms with van der Waals surface area (Å²) >= 11 is 11.2. The number of halogens is 2. The summed E-state index contributed by atoms with van der Waals surface area (Å²) in [5, 5.41) is 0.654. The summed E-state index contributed by atoms with van der Waals surface area (Å²) in [6.07, 6.45) is 0. The molecule has 0 amide bonds. The van der Waals surface area contributed by atoms with Crippen molar-refractivity contribution in [1.82, 2.24) is 4.98 Å². The quantitative estimate of drug-likeness (QED) is 0.850. The zero-order valence-electron chi connectivity index (χ0n) is 8.86. The van der Waals surface area contributed by atoms with E-state index in [1.807, 2.05) is 12.1 Å². The van der Waals surface area contributed by atoms with E-state index in [4.69, 9.17) is 17.3 Å². The van der Waals surface area contributed by atoms with Gasteiger partial charge in [0.2, 0.25) is 0 Å². The number of hydrogen-bond acceptors (Lipinski definition) is 3. The highest BCUT2D eigenvalue weighted by Gasteiger charge is 2.04. The van der Waals surface area contributed by atoms with Gasteiger partial charge in [-0.3, -0.25) is 0 Å². The molecule has 0 aliphatic heterocycles. The first-order chi connectivity index (χ1) is 8.15. The van der Waals surface area contributed by atoms with Crippen molar-refractivity contribution < 1.29 is 0 Å². The van der Waals surface area contributed by atoms with E-state index in [0.717, 1.165) is 10.2 Å². The minimum absolute atomic E-state index is 0.499. The highest BCUT2D eigenvalue weighted by atomic mass is 79.9. The van der Waals surface area contributed by atoms with E-state index < -0.39 is 0 Å². The Morgan fingerprint density at radius 1 is 1.29 bits per heavy atom. The third kappa shape index (κ3) is 3.63. The zero-order chi connectivity index (χ0) is 12.3. The molecule has 0 fully saturated rings. The monoisotopic (exact) mass is 328 g/mol. The molecule has 0 aliphatic rings. The molecule has 0 atom stereocenters. The van der Waals surface area contributed by atoms with Gasteiger partial charge < -0.3 is 5.73 Å². The minimum atomic E-state index is 0.499. The van der Waals surface area contributed by atoms with Gasteiger partial charge in [-0.15, -0.1) is 11.8 Å². The lowest BCUT2D eigenvalue weighted by atomic mass is 10.4. The van der Waals surface area contributed by atoms with Crippen molar-refractivity contribution in [3.05, 3.63) is 51.6 Å². The van der Waals surface area contributed by atoms with Gasteiger partial charge in [0, 0.05) is 15.1 Å². The van der Waals surface area contributed by atoms with Gasteiger partial charge in [0.05, 0.1) is 10.7 Å². The molecular formula is C12H10BrClN2S. The molecule has 0 aliphatic carbocycles. The molecule has 2 N–H and O–H groups in total. The molecule has 2 aromatic rings. The van der Waals surface area contributed by atoms with Gasteiger partial charge in [-0.05, 0) is 30.3 Å². The Labute approximate surface area is 118 Å². The molecule has 0 saturated heterocycles. The van der Waals surface area contributed by atoms with Crippen molar-refractivity contribution in [3.8, 4) is 0 Å². The average molecular weight is 330 g/mol. The maximum atomic E-state index is 6.05. The summed E-state index contributed by atoms with van der Waals surface area (Å²) in [5.41, 5.74) is 6.45. The molecule has 17 heavy (non-hydrogen) atoms. The topological polar surface area (TPSA) is 38.9 Å². The number of anilines is 1. The number of aromatic nitrogens is 1. The standard InChI is InChI=1S/C12H10BrClN2S/c13-8-2-1-3-9(6-8)17-7-11-10(14)4-5-12(15)16-11/h1-6H,7H2,(H2,15,16). The summed E-state index contributed by atoms with van der Waals surface area (Å²) < 4.78 is 1.06. The van der Waals surface area contributed by atoms with E-state index in [1.165, 1.54) is 4.90 Å². The van der Waals surface area contributed by atoms with E-state index in [0.29, 0.717) is 16.6 Å². The Morgan fingerprint density at radius 3 is 2.88 bits per heavy atom. The van der Waals surface area contributed by atoms with Crippen LogP contribution >= 0.6 is 39.3 Å². The minimum Gasteiger partial charge on any atom is -0.384 e. The Bertz CT molecular complexity index is 534. The molecule has 1 aromatic carbocycles. The predicted molar refractivity (Wildman–Crippen MR) is 77.4 cm³/mol. The van der Waals surface area contributed by atoms with Crippen LogP contribution in [-0.2, 0) is 5.75 Å². The number of nitrogens with zero attached hydrogens (tertiary/aromatic N) is 1. The summed E-state index contributed by atoms with van der Waals surface area (Å²) in [4.78, 5) is 5.39. The normalized spacial score (nSPS) is 10.5. The van der Waals surface area contributed by atoms with Gasteiger partial charge in [0.1, 0.15) is 5.82 Å². The van der Waals surface area contributed by atoms with Crippen molar-refractivity contribution in [2.24, 2.45) is 0 Å². The van der Waals surface area contributed by atoms with Crippen LogP contribution in [0.3, 0.4) is 0 Å². The van der Waals surface area contributed by atoms with Crippen LogP contribution in [-0.4, -0.2) is 4.98 Å². The maximum Gasteiger partial charge on any atom is 0.123 e. The van der Waals surface area contributed by atoms with E-state index in [2.05, 4.69) is 33.0 Å². The van der Waals surface area contributed by atoms with E-state index in [-0.39, 0.29) is 0 Å². The second kappa shape index (κ2) is 5.76. The smallest absolute Gasteiger partial charge is 0.123 e. The molecule has 0 spiro atoms. The summed E-state index contributed by atoms with van der Waals surface area (Å²) in [6.45, 7) is 0. The van der Waals surface area contributed by atoms with Gasteiger partial charge in [-0.25, -0.2) is 4.98 Å². The first kappa shape index (κ1) is 12.7. The van der Waals surface area contributed by atoms with Crippen LogP contribution in [0, 0.1) is 0 Å². The summed E-state index contributed by atoms with van der Waals surface area (Å²) in [7, 11) is 0. The highest BCUT2D eigenvalue weighted by molar-refractivity contribution is 9.10. The summed E-state index contributed by atoms with van der Waals surface area (Å²) in [5.74, 6) is 1.21. The second-order valence-electron chi connectivity index (χ2n) is 3.41. The van der Waals surface area contributed by atoms with E-state index in [1.54, 1.807) is 23.9 Å². The average Bonchev–Trinajstić information content (AvgIpc) is 2.30. The molecule has 5 heteroatoms. The Morgan fingerprint density at radius 2 is 2.12 bits per heavy atom. The fraction of sp³-hybridized carbons (Fsp3) is 0.0833. The fourth-order valence-corrected chi connectivity index (χ4v) is 3.02. The lowest BCUT2D eigenvalue weighted by Gasteiger charge is -2.05. The molecule has 1 heterocycles. The molecule has 2 rings (SSSR count). The molecular weight excluding hydrogens is 320 g/mol. The number of thioether (sulfide) groups is 1. The second-order valence-corrected chi connectivity index (χ2v) is 5.78.